The Bertz CT molecular complexity index is 427. The smallest absolute Gasteiger partial charge is 0.0799 e. The minimum Gasteiger partial charge on any atom is -0.388 e. The van der Waals surface area contributed by atoms with Crippen LogP contribution in [0.15, 0.2) is 4.47 Å². The SMILES string of the molecule is CCc1nn(CC)c(CC(C)(O)CNCC(C)C)c1Br. The first-order chi connectivity index (χ1) is 9.30. The molecule has 0 aliphatic heterocycles. The Kier molecular flexibility index (Phi) is 6.69. The fraction of sp³-hybridized carbons (Fsp3) is 0.800. The quantitative estimate of drug-likeness (QED) is 0.761. The number of aryl methyl sites for hydroxylation is 2. The highest BCUT2D eigenvalue weighted by molar-refractivity contribution is 9.10. The predicted molar refractivity (Wildman–Crippen MR) is 87.0 cm³/mol. The average Bonchev–Trinajstić information content (AvgIpc) is 2.65. The molecule has 20 heavy (non-hydrogen) atoms. The third-order valence-corrected chi connectivity index (χ3v) is 4.22. The molecule has 1 aromatic rings. The molecule has 0 bridgehead atoms. The van der Waals surface area contributed by atoms with E-state index in [4.69, 9.17) is 0 Å². The average molecular weight is 346 g/mol. The van der Waals surface area contributed by atoms with Crippen molar-refractivity contribution in [3.8, 4) is 0 Å². The lowest BCUT2D eigenvalue weighted by Gasteiger charge is -2.25. The van der Waals surface area contributed by atoms with Crippen LogP contribution in [0.3, 0.4) is 0 Å². The van der Waals surface area contributed by atoms with Crippen molar-refractivity contribution in [1.82, 2.24) is 15.1 Å². The van der Waals surface area contributed by atoms with Gasteiger partial charge in [-0.15, -0.1) is 0 Å². The summed E-state index contributed by atoms with van der Waals surface area (Å²) in [6.07, 6.45) is 1.49. The minimum atomic E-state index is -0.768. The van der Waals surface area contributed by atoms with Gasteiger partial charge in [0.2, 0.25) is 0 Å². The number of aliphatic hydroxyl groups is 1. The number of halogens is 1. The number of hydrogen-bond donors (Lipinski definition) is 2. The van der Waals surface area contributed by atoms with Crippen molar-refractivity contribution in [2.75, 3.05) is 13.1 Å². The van der Waals surface area contributed by atoms with E-state index in [1.54, 1.807) is 0 Å². The van der Waals surface area contributed by atoms with Gasteiger partial charge in [-0.25, -0.2) is 0 Å². The van der Waals surface area contributed by atoms with Gasteiger partial charge >= 0.3 is 0 Å². The molecule has 1 aromatic heterocycles. The van der Waals surface area contributed by atoms with Gasteiger partial charge in [-0.3, -0.25) is 4.68 Å². The second-order valence-electron chi connectivity index (χ2n) is 6.08. The third-order valence-electron chi connectivity index (χ3n) is 3.30. The van der Waals surface area contributed by atoms with Gasteiger partial charge < -0.3 is 10.4 Å². The molecule has 0 saturated heterocycles. The monoisotopic (exact) mass is 345 g/mol. The maximum Gasteiger partial charge on any atom is 0.0799 e. The van der Waals surface area contributed by atoms with E-state index in [1.807, 2.05) is 11.6 Å². The number of nitrogens with one attached hydrogen (secondary N) is 1. The van der Waals surface area contributed by atoms with Crippen LogP contribution in [0.1, 0.15) is 46.0 Å². The highest BCUT2D eigenvalue weighted by Crippen LogP contribution is 2.26. The first-order valence-electron chi connectivity index (χ1n) is 7.47. The second-order valence-corrected chi connectivity index (χ2v) is 6.87. The molecule has 0 fully saturated rings. The van der Waals surface area contributed by atoms with Crippen molar-refractivity contribution >= 4 is 15.9 Å². The summed E-state index contributed by atoms with van der Waals surface area (Å²) in [7, 11) is 0. The zero-order chi connectivity index (χ0) is 15.3. The van der Waals surface area contributed by atoms with E-state index in [0.717, 1.165) is 35.4 Å². The summed E-state index contributed by atoms with van der Waals surface area (Å²) in [5.74, 6) is 0.588. The summed E-state index contributed by atoms with van der Waals surface area (Å²) in [6.45, 7) is 12.7. The van der Waals surface area contributed by atoms with Gasteiger partial charge in [0.1, 0.15) is 0 Å². The van der Waals surface area contributed by atoms with Gasteiger partial charge in [0.05, 0.1) is 21.5 Å². The summed E-state index contributed by atoms with van der Waals surface area (Å²) in [5, 5.41) is 18.5. The molecule has 1 atom stereocenters. The summed E-state index contributed by atoms with van der Waals surface area (Å²) in [4.78, 5) is 0. The molecule has 0 aromatic carbocycles. The zero-order valence-electron chi connectivity index (χ0n) is 13.3. The number of hydrogen-bond acceptors (Lipinski definition) is 3. The highest BCUT2D eigenvalue weighted by Gasteiger charge is 2.25. The molecule has 0 amide bonds. The molecule has 0 aliphatic rings. The lowest BCUT2D eigenvalue weighted by atomic mass is 9.99. The first kappa shape index (κ1) is 17.7. The van der Waals surface area contributed by atoms with Crippen molar-refractivity contribution in [2.45, 2.75) is 59.6 Å². The van der Waals surface area contributed by atoms with Crippen LogP contribution in [0.4, 0.5) is 0 Å². The molecule has 5 heteroatoms. The minimum absolute atomic E-state index is 0.588. The Labute approximate surface area is 131 Å². The fourth-order valence-corrected chi connectivity index (χ4v) is 2.94. The maximum atomic E-state index is 10.6. The van der Waals surface area contributed by atoms with Crippen molar-refractivity contribution in [1.29, 1.82) is 0 Å². The van der Waals surface area contributed by atoms with Gasteiger partial charge in [0.25, 0.3) is 0 Å². The van der Waals surface area contributed by atoms with Crippen molar-refractivity contribution in [3.05, 3.63) is 15.9 Å². The van der Waals surface area contributed by atoms with Gasteiger partial charge in [-0.05, 0) is 48.7 Å². The van der Waals surface area contributed by atoms with Crippen LogP contribution >= 0.6 is 15.9 Å². The maximum absolute atomic E-state index is 10.6. The first-order valence-corrected chi connectivity index (χ1v) is 8.27. The standard InChI is InChI=1S/C15H28BrN3O/c1-6-12-14(16)13(19(7-2)18-12)8-15(5,20)10-17-9-11(3)4/h11,17,20H,6-10H2,1-5H3. The summed E-state index contributed by atoms with van der Waals surface area (Å²) >= 11 is 3.63. The van der Waals surface area contributed by atoms with Crippen LogP contribution in [0.5, 0.6) is 0 Å². The van der Waals surface area contributed by atoms with Crippen LogP contribution in [0, 0.1) is 5.92 Å². The molecule has 1 unspecified atom stereocenters. The topological polar surface area (TPSA) is 50.1 Å². The van der Waals surface area contributed by atoms with Crippen LogP contribution < -0.4 is 5.32 Å². The van der Waals surface area contributed by atoms with E-state index in [-0.39, 0.29) is 0 Å². The molecule has 0 radical (unpaired) electrons. The Morgan fingerprint density at radius 3 is 2.55 bits per heavy atom. The second kappa shape index (κ2) is 7.57. The van der Waals surface area contributed by atoms with Crippen molar-refractivity contribution in [2.24, 2.45) is 5.92 Å². The summed E-state index contributed by atoms with van der Waals surface area (Å²) < 4.78 is 3.03. The van der Waals surface area contributed by atoms with E-state index >= 15 is 0 Å². The molecule has 0 saturated carbocycles. The lowest BCUT2D eigenvalue weighted by molar-refractivity contribution is 0.0573. The molecule has 0 aliphatic carbocycles. The van der Waals surface area contributed by atoms with E-state index in [2.05, 4.69) is 54.0 Å². The van der Waals surface area contributed by atoms with Gasteiger partial charge in [0.15, 0.2) is 0 Å². The zero-order valence-corrected chi connectivity index (χ0v) is 14.9. The number of aromatic nitrogens is 2. The molecular weight excluding hydrogens is 318 g/mol. The van der Waals surface area contributed by atoms with Crippen LogP contribution in [0.2, 0.25) is 0 Å². The Morgan fingerprint density at radius 1 is 1.40 bits per heavy atom. The molecule has 0 spiro atoms. The number of nitrogens with zero attached hydrogens (tertiary/aromatic N) is 2. The van der Waals surface area contributed by atoms with Crippen LogP contribution in [0.25, 0.3) is 0 Å². The van der Waals surface area contributed by atoms with Gasteiger partial charge in [0, 0.05) is 19.5 Å². The normalized spacial score (nSPS) is 14.8. The van der Waals surface area contributed by atoms with Crippen LogP contribution in [-0.4, -0.2) is 33.6 Å². The Hall–Kier alpha value is -0.390. The van der Waals surface area contributed by atoms with Gasteiger partial charge in [-0.1, -0.05) is 20.8 Å². The summed E-state index contributed by atoms with van der Waals surface area (Å²) in [6, 6.07) is 0. The Morgan fingerprint density at radius 2 is 2.05 bits per heavy atom. The Balaban J connectivity index is 2.77. The molecule has 116 valence electrons. The van der Waals surface area contributed by atoms with Crippen molar-refractivity contribution in [3.63, 3.8) is 0 Å². The molecule has 1 rings (SSSR count). The largest absolute Gasteiger partial charge is 0.388 e. The lowest BCUT2D eigenvalue weighted by Crippen LogP contribution is -2.41. The van der Waals surface area contributed by atoms with E-state index in [0.29, 0.717) is 18.9 Å². The summed E-state index contributed by atoms with van der Waals surface area (Å²) in [5.41, 5.74) is 1.38. The molecule has 2 N–H and O–H groups in total. The van der Waals surface area contributed by atoms with E-state index in [1.165, 1.54) is 0 Å². The van der Waals surface area contributed by atoms with E-state index < -0.39 is 5.60 Å². The van der Waals surface area contributed by atoms with Crippen molar-refractivity contribution < 1.29 is 5.11 Å². The van der Waals surface area contributed by atoms with Crippen LogP contribution in [-0.2, 0) is 19.4 Å². The molecule has 4 nitrogen and oxygen atoms in total. The van der Waals surface area contributed by atoms with Gasteiger partial charge in [-0.2, -0.15) is 5.10 Å². The third kappa shape index (κ3) is 4.86. The molecular formula is C15H28BrN3O. The molecule has 1 heterocycles. The van der Waals surface area contributed by atoms with E-state index in [9.17, 15) is 5.11 Å². The highest BCUT2D eigenvalue weighted by atomic mass is 79.9. The predicted octanol–water partition coefficient (Wildman–Crippen LogP) is 2.77. The fourth-order valence-electron chi connectivity index (χ4n) is 2.24. The number of rotatable bonds is 8.